The Morgan fingerprint density at radius 1 is 1.25 bits per heavy atom. The van der Waals surface area contributed by atoms with Crippen LogP contribution in [0.25, 0.3) is 0 Å². The molecule has 138 valence electrons. The van der Waals surface area contributed by atoms with Crippen molar-refractivity contribution >= 4 is 47.4 Å². The second-order valence-electron chi connectivity index (χ2n) is 6.16. The number of ether oxygens (including phenoxy) is 1. The molecule has 0 aliphatic rings. The maximum atomic E-state index is 11.5. The van der Waals surface area contributed by atoms with Crippen molar-refractivity contribution in [2.24, 2.45) is 4.99 Å². The lowest BCUT2D eigenvalue weighted by molar-refractivity contribution is 0.0527. The lowest BCUT2D eigenvalue weighted by Gasteiger charge is -2.19. The zero-order valence-corrected chi connectivity index (χ0v) is 18.2. The normalized spacial score (nSPS) is 11.5. The number of aryl methyl sites for hydroxylation is 1. The molecule has 0 fully saturated rings. The summed E-state index contributed by atoms with van der Waals surface area (Å²) in [6, 6.07) is 2.11. The molecule has 0 bridgehead atoms. The third kappa shape index (κ3) is 9.96. The van der Waals surface area contributed by atoms with E-state index in [1.165, 1.54) is 10.4 Å². The van der Waals surface area contributed by atoms with Gasteiger partial charge in [0.05, 0.1) is 6.54 Å². The molecule has 0 saturated carbocycles. The van der Waals surface area contributed by atoms with E-state index >= 15 is 0 Å². The van der Waals surface area contributed by atoms with E-state index in [4.69, 9.17) is 4.74 Å². The Morgan fingerprint density at radius 2 is 1.92 bits per heavy atom. The number of nitrogens with zero attached hydrogens (tertiary/aromatic N) is 1. The summed E-state index contributed by atoms with van der Waals surface area (Å²) in [4.78, 5) is 17.0. The smallest absolute Gasteiger partial charge is 0.407 e. The van der Waals surface area contributed by atoms with Gasteiger partial charge in [0.25, 0.3) is 0 Å². The first-order chi connectivity index (χ1) is 10.8. The van der Waals surface area contributed by atoms with Gasteiger partial charge in [0, 0.05) is 25.0 Å². The average molecular weight is 468 g/mol. The average Bonchev–Trinajstić information content (AvgIpc) is 2.85. The maximum Gasteiger partial charge on any atom is 0.407 e. The predicted molar refractivity (Wildman–Crippen MR) is 112 cm³/mol. The monoisotopic (exact) mass is 468 g/mol. The largest absolute Gasteiger partial charge is 0.444 e. The molecule has 8 heteroatoms. The maximum absolute atomic E-state index is 11.5. The molecule has 3 N–H and O–H groups in total. The van der Waals surface area contributed by atoms with Gasteiger partial charge in [-0.1, -0.05) is 0 Å². The molecule has 1 aromatic heterocycles. The molecule has 0 saturated heterocycles. The van der Waals surface area contributed by atoms with Crippen LogP contribution in [0.15, 0.2) is 16.4 Å². The van der Waals surface area contributed by atoms with Gasteiger partial charge in [-0.3, -0.25) is 4.99 Å². The second kappa shape index (κ2) is 11.5. The molecule has 1 heterocycles. The lowest BCUT2D eigenvalue weighted by Crippen LogP contribution is -2.39. The van der Waals surface area contributed by atoms with E-state index in [2.05, 4.69) is 39.3 Å². The number of hydrogen-bond acceptors (Lipinski definition) is 4. The van der Waals surface area contributed by atoms with Crippen LogP contribution in [0.4, 0.5) is 4.79 Å². The SMILES string of the molecule is CN=C(NCCCNC(=O)OC(C)(C)C)NCc1sccc1C.I. The van der Waals surface area contributed by atoms with Gasteiger partial charge in [0.15, 0.2) is 5.96 Å². The van der Waals surface area contributed by atoms with Crippen LogP contribution in [-0.4, -0.2) is 37.8 Å². The fourth-order valence-electron chi connectivity index (χ4n) is 1.77. The van der Waals surface area contributed by atoms with E-state index in [0.29, 0.717) is 6.54 Å². The molecular formula is C16H29IN4O2S. The molecule has 1 amide bonds. The Balaban J connectivity index is 0.00000529. The number of halogens is 1. The highest BCUT2D eigenvalue weighted by atomic mass is 127. The molecule has 24 heavy (non-hydrogen) atoms. The number of alkyl carbamates (subject to hydrolysis) is 1. The van der Waals surface area contributed by atoms with Crippen molar-refractivity contribution in [2.75, 3.05) is 20.1 Å². The molecule has 1 rings (SSSR count). The van der Waals surface area contributed by atoms with E-state index in [1.807, 2.05) is 20.8 Å². The van der Waals surface area contributed by atoms with Gasteiger partial charge < -0.3 is 20.7 Å². The van der Waals surface area contributed by atoms with Crippen molar-refractivity contribution in [1.82, 2.24) is 16.0 Å². The minimum absolute atomic E-state index is 0. The first kappa shape index (κ1) is 23.0. The fraction of sp³-hybridized carbons (Fsp3) is 0.625. The van der Waals surface area contributed by atoms with Crippen LogP contribution >= 0.6 is 35.3 Å². The Hall–Kier alpha value is -1.03. The van der Waals surface area contributed by atoms with E-state index in [1.54, 1.807) is 18.4 Å². The van der Waals surface area contributed by atoms with Crippen LogP contribution in [0.5, 0.6) is 0 Å². The summed E-state index contributed by atoms with van der Waals surface area (Å²) in [5.41, 5.74) is 0.827. The number of nitrogens with one attached hydrogen (secondary N) is 3. The van der Waals surface area contributed by atoms with Gasteiger partial charge in [0.2, 0.25) is 0 Å². The second-order valence-corrected chi connectivity index (χ2v) is 7.16. The fourth-order valence-corrected chi connectivity index (χ4v) is 2.62. The highest BCUT2D eigenvalue weighted by Crippen LogP contribution is 2.14. The van der Waals surface area contributed by atoms with Gasteiger partial charge in [0.1, 0.15) is 5.60 Å². The van der Waals surface area contributed by atoms with Crippen LogP contribution < -0.4 is 16.0 Å². The Labute approximate surface area is 165 Å². The lowest BCUT2D eigenvalue weighted by atomic mass is 10.2. The van der Waals surface area contributed by atoms with E-state index in [-0.39, 0.29) is 30.1 Å². The first-order valence-corrected chi connectivity index (χ1v) is 8.64. The van der Waals surface area contributed by atoms with Crippen LogP contribution in [0.1, 0.15) is 37.6 Å². The van der Waals surface area contributed by atoms with Crippen molar-refractivity contribution in [1.29, 1.82) is 0 Å². The highest BCUT2D eigenvalue weighted by Gasteiger charge is 2.15. The quantitative estimate of drug-likeness (QED) is 0.259. The molecule has 0 aliphatic carbocycles. The molecule has 0 aliphatic heterocycles. The predicted octanol–water partition coefficient (Wildman–Crippen LogP) is 3.25. The number of guanidine groups is 1. The number of rotatable bonds is 6. The Kier molecular flexibility index (Phi) is 11.0. The molecule has 0 atom stereocenters. The number of carbonyl (C=O) groups is 1. The van der Waals surface area contributed by atoms with E-state index in [9.17, 15) is 4.79 Å². The first-order valence-electron chi connectivity index (χ1n) is 7.76. The topological polar surface area (TPSA) is 74.8 Å². The van der Waals surface area contributed by atoms with Gasteiger partial charge in [-0.2, -0.15) is 0 Å². The van der Waals surface area contributed by atoms with Crippen molar-refractivity contribution in [3.05, 3.63) is 21.9 Å². The molecule has 0 unspecified atom stereocenters. The highest BCUT2D eigenvalue weighted by molar-refractivity contribution is 14.0. The summed E-state index contributed by atoms with van der Waals surface area (Å²) in [5, 5.41) is 11.3. The molecule has 0 spiro atoms. The summed E-state index contributed by atoms with van der Waals surface area (Å²) >= 11 is 1.73. The summed E-state index contributed by atoms with van der Waals surface area (Å²) in [6.45, 7) is 9.69. The number of hydrogen-bond donors (Lipinski definition) is 3. The van der Waals surface area contributed by atoms with Crippen molar-refractivity contribution in [3.8, 4) is 0 Å². The number of thiophene rings is 1. The Bertz CT molecular complexity index is 526. The third-order valence-electron chi connectivity index (χ3n) is 2.92. The molecule has 0 aromatic carbocycles. The number of amides is 1. The summed E-state index contributed by atoms with van der Waals surface area (Å²) in [5.74, 6) is 0.759. The van der Waals surface area contributed by atoms with Crippen molar-refractivity contribution in [2.45, 2.75) is 46.3 Å². The summed E-state index contributed by atoms with van der Waals surface area (Å²) < 4.78 is 5.17. The van der Waals surface area contributed by atoms with E-state index in [0.717, 1.165) is 25.5 Å². The molecule has 6 nitrogen and oxygen atoms in total. The standard InChI is InChI=1S/C16H28N4O2S.HI/c1-12-7-10-23-13(12)11-20-14(17-5)18-8-6-9-19-15(21)22-16(2,3)4;/h7,10H,6,8-9,11H2,1-5H3,(H,19,21)(H2,17,18,20);1H. The van der Waals surface area contributed by atoms with E-state index < -0.39 is 5.60 Å². The third-order valence-corrected chi connectivity index (χ3v) is 3.95. The minimum atomic E-state index is -0.464. The molecule has 0 radical (unpaired) electrons. The van der Waals surface area contributed by atoms with Crippen molar-refractivity contribution < 1.29 is 9.53 Å². The summed E-state index contributed by atoms with van der Waals surface area (Å²) in [6.07, 6.45) is 0.408. The zero-order chi connectivity index (χ0) is 17.3. The van der Waals surface area contributed by atoms with Crippen LogP contribution in [0.2, 0.25) is 0 Å². The number of aliphatic imine (C=N–C) groups is 1. The van der Waals surface area contributed by atoms with Crippen molar-refractivity contribution in [3.63, 3.8) is 0 Å². The van der Waals surface area contributed by atoms with Crippen LogP contribution in [0, 0.1) is 6.92 Å². The Morgan fingerprint density at radius 3 is 2.46 bits per heavy atom. The van der Waals surface area contributed by atoms with Crippen LogP contribution in [-0.2, 0) is 11.3 Å². The van der Waals surface area contributed by atoms with Gasteiger partial charge in [-0.25, -0.2) is 4.79 Å². The van der Waals surface area contributed by atoms with Gasteiger partial charge in [-0.05, 0) is 51.1 Å². The number of carbonyl (C=O) groups excluding carboxylic acids is 1. The van der Waals surface area contributed by atoms with Gasteiger partial charge in [-0.15, -0.1) is 35.3 Å². The molecular weight excluding hydrogens is 439 g/mol. The minimum Gasteiger partial charge on any atom is -0.444 e. The van der Waals surface area contributed by atoms with Crippen LogP contribution in [0.3, 0.4) is 0 Å². The van der Waals surface area contributed by atoms with Gasteiger partial charge >= 0.3 is 6.09 Å². The summed E-state index contributed by atoms with van der Waals surface area (Å²) in [7, 11) is 1.75. The zero-order valence-electron chi connectivity index (χ0n) is 15.1. The molecule has 1 aromatic rings.